The predicted molar refractivity (Wildman–Crippen MR) is 81.4 cm³/mol. The number of hydrogen-bond acceptors (Lipinski definition) is 3. The summed E-state index contributed by atoms with van der Waals surface area (Å²) >= 11 is 0. The Bertz CT molecular complexity index is 779. The van der Waals surface area contributed by atoms with Gasteiger partial charge in [-0.2, -0.15) is 0 Å². The maximum absolute atomic E-state index is 10.3. The molecule has 0 bridgehead atoms. The van der Waals surface area contributed by atoms with Crippen LogP contribution in [0.4, 0.5) is 0 Å². The summed E-state index contributed by atoms with van der Waals surface area (Å²) in [6, 6.07) is 15.4. The van der Waals surface area contributed by atoms with Gasteiger partial charge in [0.05, 0.1) is 5.71 Å². The molecule has 98 valence electrons. The third kappa shape index (κ3) is 2.03. The van der Waals surface area contributed by atoms with Crippen LogP contribution < -0.4 is 0 Å². The highest BCUT2D eigenvalue weighted by Gasteiger charge is 2.14. The van der Waals surface area contributed by atoms with Crippen LogP contribution in [0.5, 0.6) is 5.75 Å². The van der Waals surface area contributed by atoms with E-state index < -0.39 is 0 Å². The van der Waals surface area contributed by atoms with Crippen molar-refractivity contribution < 1.29 is 5.11 Å². The largest absolute Gasteiger partial charge is 0.507 e. The fourth-order valence-electron chi connectivity index (χ4n) is 2.40. The summed E-state index contributed by atoms with van der Waals surface area (Å²) in [6.07, 6.45) is 3.48. The van der Waals surface area contributed by atoms with E-state index in [0.717, 1.165) is 27.6 Å². The molecular formula is C17H14N2O. The summed E-state index contributed by atoms with van der Waals surface area (Å²) in [5.41, 5.74) is 2.38. The van der Waals surface area contributed by atoms with E-state index in [-0.39, 0.29) is 5.75 Å². The number of fused-ring (bicyclic) bond motifs is 1. The molecule has 0 atom stereocenters. The molecule has 1 heterocycles. The molecule has 1 aromatic heterocycles. The van der Waals surface area contributed by atoms with Crippen LogP contribution in [0.25, 0.3) is 10.8 Å². The molecule has 0 amide bonds. The molecule has 3 rings (SSSR count). The van der Waals surface area contributed by atoms with E-state index >= 15 is 0 Å². The molecule has 0 saturated heterocycles. The van der Waals surface area contributed by atoms with E-state index in [1.54, 1.807) is 25.5 Å². The van der Waals surface area contributed by atoms with Gasteiger partial charge < -0.3 is 5.11 Å². The summed E-state index contributed by atoms with van der Waals surface area (Å²) in [4.78, 5) is 8.48. The Hall–Kier alpha value is -2.68. The van der Waals surface area contributed by atoms with Crippen LogP contribution in [-0.2, 0) is 0 Å². The lowest BCUT2D eigenvalue weighted by Gasteiger charge is -2.11. The van der Waals surface area contributed by atoms with Gasteiger partial charge in [-0.1, -0.05) is 30.3 Å². The molecule has 0 spiro atoms. The highest BCUT2D eigenvalue weighted by molar-refractivity contribution is 6.20. The number of phenolic OH excluding ortho intramolecular Hbond substituents is 1. The second-order valence-electron chi connectivity index (χ2n) is 4.49. The van der Waals surface area contributed by atoms with Gasteiger partial charge in [0, 0.05) is 30.6 Å². The van der Waals surface area contributed by atoms with Crippen LogP contribution in [0.2, 0.25) is 0 Å². The number of aromatic nitrogens is 1. The van der Waals surface area contributed by atoms with Crippen molar-refractivity contribution in [2.75, 3.05) is 7.05 Å². The zero-order valence-corrected chi connectivity index (χ0v) is 11.1. The van der Waals surface area contributed by atoms with Gasteiger partial charge in [0.1, 0.15) is 5.75 Å². The lowest BCUT2D eigenvalue weighted by atomic mass is 9.96. The van der Waals surface area contributed by atoms with Gasteiger partial charge in [-0.25, -0.2) is 0 Å². The monoisotopic (exact) mass is 262 g/mol. The van der Waals surface area contributed by atoms with Crippen molar-refractivity contribution in [3.63, 3.8) is 0 Å². The molecule has 0 aliphatic heterocycles. The first-order chi connectivity index (χ1) is 9.81. The number of aromatic hydroxyl groups is 1. The second kappa shape index (κ2) is 5.13. The molecule has 2 aromatic carbocycles. The van der Waals surface area contributed by atoms with E-state index in [1.807, 2.05) is 42.5 Å². The predicted octanol–water partition coefficient (Wildman–Crippen LogP) is 3.41. The lowest BCUT2D eigenvalue weighted by molar-refractivity contribution is 0.475. The first-order valence-corrected chi connectivity index (χ1v) is 6.39. The second-order valence-corrected chi connectivity index (χ2v) is 4.49. The number of rotatable bonds is 2. The summed E-state index contributed by atoms with van der Waals surface area (Å²) in [5, 5.41) is 12.3. The van der Waals surface area contributed by atoms with Gasteiger partial charge in [-0.15, -0.1) is 0 Å². The normalized spacial score (nSPS) is 11.8. The van der Waals surface area contributed by atoms with Crippen LogP contribution in [0.3, 0.4) is 0 Å². The molecule has 3 nitrogen and oxygen atoms in total. The number of aliphatic imine (C=N–C) groups is 1. The SMILES string of the molecule is CN=C(c1cccnc1)c1c(O)ccc2ccccc12. The summed E-state index contributed by atoms with van der Waals surface area (Å²) < 4.78 is 0. The van der Waals surface area contributed by atoms with Crippen molar-refractivity contribution in [1.82, 2.24) is 4.98 Å². The molecule has 0 radical (unpaired) electrons. The molecule has 0 saturated carbocycles. The van der Waals surface area contributed by atoms with Crippen molar-refractivity contribution >= 4 is 16.5 Å². The molecule has 0 aliphatic rings. The minimum absolute atomic E-state index is 0.230. The molecule has 1 N–H and O–H groups in total. The van der Waals surface area contributed by atoms with Crippen molar-refractivity contribution in [2.45, 2.75) is 0 Å². The van der Waals surface area contributed by atoms with E-state index in [1.165, 1.54) is 0 Å². The highest BCUT2D eigenvalue weighted by Crippen LogP contribution is 2.29. The smallest absolute Gasteiger partial charge is 0.125 e. The van der Waals surface area contributed by atoms with E-state index in [4.69, 9.17) is 0 Å². The third-order valence-electron chi connectivity index (χ3n) is 3.30. The zero-order valence-electron chi connectivity index (χ0n) is 11.1. The maximum atomic E-state index is 10.3. The average molecular weight is 262 g/mol. The van der Waals surface area contributed by atoms with Crippen LogP contribution in [0, 0.1) is 0 Å². The first kappa shape index (κ1) is 12.4. The summed E-state index contributed by atoms with van der Waals surface area (Å²) in [7, 11) is 1.73. The fourth-order valence-corrected chi connectivity index (χ4v) is 2.40. The number of phenols is 1. The van der Waals surface area contributed by atoms with Gasteiger partial charge >= 0.3 is 0 Å². The topological polar surface area (TPSA) is 45.5 Å². The number of nitrogens with zero attached hydrogens (tertiary/aromatic N) is 2. The molecule has 0 unspecified atom stereocenters. The Kier molecular flexibility index (Phi) is 3.17. The van der Waals surface area contributed by atoms with Crippen LogP contribution in [-0.4, -0.2) is 22.8 Å². The minimum Gasteiger partial charge on any atom is -0.507 e. The van der Waals surface area contributed by atoms with E-state index in [2.05, 4.69) is 9.98 Å². The summed E-state index contributed by atoms with van der Waals surface area (Å²) in [6.45, 7) is 0. The highest BCUT2D eigenvalue weighted by atomic mass is 16.3. The molecule has 0 fully saturated rings. The van der Waals surface area contributed by atoms with Crippen LogP contribution in [0.15, 0.2) is 65.9 Å². The number of hydrogen-bond donors (Lipinski definition) is 1. The van der Waals surface area contributed by atoms with E-state index in [9.17, 15) is 5.11 Å². The maximum Gasteiger partial charge on any atom is 0.125 e. The Morgan fingerprint density at radius 2 is 1.90 bits per heavy atom. The van der Waals surface area contributed by atoms with Gasteiger partial charge in [0.15, 0.2) is 0 Å². The Morgan fingerprint density at radius 3 is 2.65 bits per heavy atom. The Morgan fingerprint density at radius 1 is 1.05 bits per heavy atom. The van der Waals surface area contributed by atoms with Gasteiger partial charge in [-0.3, -0.25) is 9.98 Å². The quantitative estimate of drug-likeness (QED) is 0.719. The zero-order chi connectivity index (χ0) is 13.9. The average Bonchev–Trinajstić information content (AvgIpc) is 2.51. The standard InChI is InChI=1S/C17H14N2O/c1-18-17(13-6-4-10-19-11-13)16-14-7-3-2-5-12(14)8-9-15(16)20/h2-11,20H,1H3. The van der Waals surface area contributed by atoms with Crippen molar-refractivity contribution in [3.8, 4) is 5.75 Å². The van der Waals surface area contributed by atoms with Crippen molar-refractivity contribution in [1.29, 1.82) is 0 Å². The summed E-state index contributed by atoms with van der Waals surface area (Å²) in [5.74, 6) is 0.230. The van der Waals surface area contributed by atoms with Gasteiger partial charge in [-0.05, 0) is 29.0 Å². The molecule has 0 aliphatic carbocycles. The number of pyridine rings is 1. The van der Waals surface area contributed by atoms with Gasteiger partial charge in [0.25, 0.3) is 0 Å². The minimum atomic E-state index is 0.230. The number of benzene rings is 2. The lowest BCUT2D eigenvalue weighted by Crippen LogP contribution is -2.05. The first-order valence-electron chi connectivity index (χ1n) is 6.39. The Labute approximate surface area is 117 Å². The molecule has 3 heteroatoms. The Balaban J connectivity index is 2.31. The van der Waals surface area contributed by atoms with Crippen molar-refractivity contribution in [3.05, 3.63) is 72.1 Å². The van der Waals surface area contributed by atoms with Crippen LogP contribution in [0.1, 0.15) is 11.1 Å². The molecular weight excluding hydrogens is 248 g/mol. The van der Waals surface area contributed by atoms with E-state index in [0.29, 0.717) is 0 Å². The molecule has 3 aromatic rings. The van der Waals surface area contributed by atoms with Crippen LogP contribution >= 0.6 is 0 Å². The van der Waals surface area contributed by atoms with Crippen molar-refractivity contribution in [2.24, 2.45) is 4.99 Å². The van der Waals surface area contributed by atoms with Gasteiger partial charge in [0.2, 0.25) is 0 Å². The third-order valence-corrected chi connectivity index (χ3v) is 3.30. The molecule has 20 heavy (non-hydrogen) atoms. The fraction of sp³-hybridized carbons (Fsp3) is 0.0588.